The molecule has 0 bridgehead atoms. The van der Waals surface area contributed by atoms with Gasteiger partial charge in [0.05, 0.1) is 17.8 Å². The average molecular weight is 340 g/mol. The summed E-state index contributed by atoms with van der Waals surface area (Å²) in [5.41, 5.74) is 6.98. The molecule has 2 unspecified atom stereocenters. The van der Waals surface area contributed by atoms with Crippen LogP contribution in [0.3, 0.4) is 0 Å². The molecule has 108 valence electrons. The largest absolute Gasteiger partial charge is 0.497 e. The molecule has 2 aromatic rings. The van der Waals surface area contributed by atoms with Crippen LogP contribution in [-0.4, -0.2) is 22.9 Å². The van der Waals surface area contributed by atoms with Gasteiger partial charge in [0.2, 0.25) is 0 Å². The van der Waals surface area contributed by atoms with Gasteiger partial charge in [-0.25, -0.2) is 0 Å². The molecular weight excluding hydrogens is 322 g/mol. The van der Waals surface area contributed by atoms with Crippen LogP contribution in [0.2, 0.25) is 0 Å². The van der Waals surface area contributed by atoms with Crippen LogP contribution in [0.5, 0.6) is 11.5 Å². The van der Waals surface area contributed by atoms with Gasteiger partial charge in [-0.3, -0.25) is 4.68 Å². The summed E-state index contributed by atoms with van der Waals surface area (Å²) in [7, 11) is 3.49. The second kappa shape index (κ2) is 6.28. The zero-order chi connectivity index (χ0) is 14.7. The molecule has 5 nitrogen and oxygen atoms in total. The summed E-state index contributed by atoms with van der Waals surface area (Å²) < 4.78 is 13.8. The fourth-order valence-electron chi connectivity index (χ4n) is 1.91. The van der Waals surface area contributed by atoms with E-state index in [1.165, 1.54) is 0 Å². The van der Waals surface area contributed by atoms with E-state index in [9.17, 15) is 0 Å². The number of nitrogens with two attached hydrogens (primary N) is 1. The monoisotopic (exact) mass is 339 g/mol. The van der Waals surface area contributed by atoms with Crippen molar-refractivity contribution >= 4 is 15.9 Å². The Bertz CT molecular complexity index is 584. The SMILES string of the molecule is COc1ccc(OC(c2cnn(C)c2)C(C)N)c(Br)c1. The lowest BCUT2D eigenvalue weighted by molar-refractivity contribution is 0.179. The van der Waals surface area contributed by atoms with Gasteiger partial charge in [-0.15, -0.1) is 0 Å². The lowest BCUT2D eigenvalue weighted by Crippen LogP contribution is -2.28. The van der Waals surface area contributed by atoms with Crippen molar-refractivity contribution in [2.24, 2.45) is 12.8 Å². The van der Waals surface area contributed by atoms with Crippen LogP contribution >= 0.6 is 15.9 Å². The highest BCUT2D eigenvalue weighted by Crippen LogP contribution is 2.33. The number of aryl methyl sites for hydroxylation is 1. The highest BCUT2D eigenvalue weighted by Gasteiger charge is 2.21. The number of methoxy groups -OCH3 is 1. The number of ether oxygens (including phenoxy) is 2. The van der Waals surface area contributed by atoms with Gasteiger partial charge in [-0.1, -0.05) is 0 Å². The van der Waals surface area contributed by atoms with E-state index in [2.05, 4.69) is 21.0 Å². The van der Waals surface area contributed by atoms with Crippen LogP contribution in [0.15, 0.2) is 35.1 Å². The second-order valence-electron chi connectivity index (χ2n) is 4.64. The Labute approximate surface area is 126 Å². The van der Waals surface area contributed by atoms with Crippen LogP contribution in [0.1, 0.15) is 18.6 Å². The van der Waals surface area contributed by atoms with Crippen molar-refractivity contribution in [3.63, 3.8) is 0 Å². The van der Waals surface area contributed by atoms with Crippen LogP contribution in [-0.2, 0) is 7.05 Å². The second-order valence-corrected chi connectivity index (χ2v) is 5.50. The number of hydrogen-bond donors (Lipinski definition) is 1. The zero-order valence-corrected chi connectivity index (χ0v) is 13.3. The number of rotatable bonds is 5. The zero-order valence-electron chi connectivity index (χ0n) is 11.7. The first-order valence-electron chi connectivity index (χ1n) is 6.25. The van der Waals surface area contributed by atoms with Crippen molar-refractivity contribution in [1.82, 2.24) is 9.78 Å². The Hall–Kier alpha value is -1.53. The van der Waals surface area contributed by atoms with E-state index >= 15 is 0 Å². The maximum absolute atomic E-state index is 6.03. The Kier molecular flexibility index (Phi) is 4.67. The topological polar surface area (TPSA) is 62.3 Å². The number of aromatic nitrogens is 2. The Morgan fingerprint density at radius 1 is 1.40 bits per heavy atom. The average Bonchev–Trinajstić information content (AvgIpc) is 2.83. The predicted octanol–water partition coefficient (Wildman–Crippen LogP) is 2.66. The van der Waals surface area contributed by atoms with Gasteiger partial charge in [0.15, 0.2) is 0 Å². The lowest BCUT2D eigenvalue weighted by atomic mass is 10.1. The molecule has 0 aliphatic carbocycles. The molecule has 1 aromatic carbocycles. The predicted molar refractivity (Wildman–Crippen MR) is 80.9 cm³/mol. The maximum Gasteiger partial charge on any atom is 0.142 e. The fourth-order valence-corrected chi connectivity index (χ4v) is 2.36. The molecule has 0 saturated heterocycles. The maximum atomic E-state index is 6.03. The molecule has 1 heterocycles. The molecular formula is C14H18BrN3O2. The van der Waals surface area contributed by atoms with Crippen molar-refractivity contribution in [3.8, 4) is 11.5 Å². The molecule has 0 spiro atoms. The number of halogens is 1. The third-order valence-corrected chi connectivity index (χ3v) is 3.54. The van der Waals surface area contributed by atoms with Crippen molar-refractivity contribution in [1.29, 1.82) is 0 Å². The minimum atomic E-state index is -0.256. The summed E-state index contributed by atoms with van der Waals surface area (Å²) in [4.78, 5) is 0. The van der Waals surface area contributed by atoms with E-state index in [1.807, 2.05) is 38.4 Å². The van der Waals surface area contributed by atoms with E-state index in [4.69, 9.17) is 15.2 Å². The molecule has 1 aromatic heterocycles. The van der Waals surface area contributed by atoms with Gasteiger partial charge >= 0.3 is 0 Å². The van der Waals surface area contributed by atoms with Crippen molar-refractivity contribution in [2.45, 2.75) is 19.1 Å². The first-order valence-corrected chi connectivity index (χ1v) is 7.05. The Morgan fingerprint density at radius 2 is 2.15 bits per heavy atom. The molecule has 2 atom stereocenters. The summed E-state index contributed by atoms with van der Waals surface area (Å²) in [6, 6.07) is 5.40. The van der Waals surface area contributed by atoms with Crippen molar-refractivity contribution < 1.29 is 9.47 Å². The number of benzene rings is 1. The van der Waals surface area contributed by atoms with E-state index in [0.717, 1.165) is 21.5 Å². The van der Waals surface area contributed by atoms with Crippen molar-refractivity contribution in [2.75, 3.05) is 7.11 Å². The highest BCUT2D eigenvalue weighted by molar-refractivity contribution is 9.10. The van der Waals surface area contributed by atoms with Gasteiger partial charge in [0, 0.05) is 24.8 Å². The summed E-state index contributed by atoms with van der Waals surface area (Å²) in [5.74, 6) is 1.49. The summed E-state index contributed by atoms with van der Waals surface area (Å²) >= 11 is 3.48. The van der Waals surface area contributed by atoms with E-state index in [0.29, 0.717) is 0 Å². The highest BCUT2D eigenvalue weighted by atomic mass is 79.9. The van der Waals surface area contributed by atoms with Crippen LogP contribution < -0.4 is 15.2 Å². The third kappa shape index (κ3) is 3.32. The normalized spacial score (nSPS) is 13.8. The third-order valence-electron chi connectivity index (χ3n) is 2.92. The quantitative estimate of drug-likeness (QED) is 0.909. The summed E-state index contributed by atoms with van der Waals surface area (Å²) in [6.07, 6.45) is 3.42. The Balaban J connectivity index is 2.25. The molecule has 6 heteroatoms. The van der Waals surface area contributed by atoms with Crippen LogP contribution in [0.4, 0.5) is 0 Å². The molecule has 0 radical (unpaired) electrons. The Morgan fingerprint density at radius 3 is 2.65 bits per heavy atom. The first-order chi connectivity index (χ1) is 9.51. The molecule has 0 aliphatic rings. The molecule has 2 rings (SSSR count). The first kappa shape index (κ1) is 14.9. The number of nitrogens with zero attached hydrogens (tertiary/aromatic N) is 2. The number of hydrogen-bond acceptors (Lipinski definition) is 4. The minimum absolute atomic E-state index is 0.159. The van der Waals surface area contributed by atoms with Gasteiger partial charge < -0.3 is 15.2 Å². The molecule has 2 N–H and O–H groups in total. The van der Waals surface area contributed by atoms with Gasteiger partial charge in [0.25, 0.3) is 0 Å². The van der Waals surface area contributed by atoms with Gasteiger partial charge in [0.1, 0.15) is 17.6 Å². The van der Waals surface area contributed by atoms with Gasteiger partial charge in [-0.2, -0.15) is 5.10 Å². The van der Waals surface area contributed by atoms with E-state index in [1.54, 1.807) is 18.0 Å². The molecule has 0 fully saturated rings. The molecule has 0 aliphatic heterocycles. The van der Waals surface area contributed by atoms with E-state index in [-0.39, 0.29) is 12.1 Å². The summed E-state index contributed by atoms with van der Waals surface area (Å²) in [6.45, 7) is 1.91. The van der Waals surface area contributed by atoms with E-state index < -0.39 is 0 Å². The molecule has 0 amide bonds. The standard InChI is InChI=1S/C14H18BrN3O2/c1-9(16)14(10-7-17-18(2)8-10)20-13-5-4-11(19-3)6-12(13)15/h4-9,14H,16H2,1-3H3. The smallest absolute Gasteiger partial charge is 0.142 e. The molecule has 0 saturated carbocycles. The lowest BCUT2D eigenvalue weighted by Gasteiger charge is -2.22. The fraction of sp³-hybridized carbons (Fsp3) is 0.357. The summed E-state index contributed by atoms with van der Waals surface area (Å²) in [5, 5.41) is 4.16. The van der Waals surface area contributed by atoms with Crippen LogP contribution in [0.25, 0.3) is 0 Å². The minimum Gasteiger partial charge on any atom is -0.497 e. The van der Waals surface area contributed by atoms with Crippen molar-refractivity contribution in [3.05, 3.63) is 40.6 Å². The van der Waals surface area contributed by atoms with Gasteiger partial charge in [-0.05, 0) is 41.1 Å². The van der Waals surface area contributed by atoms with Crippen LogP contribution in [0, 0.1) is 0 Å². The molecule has 20 heavy (non-hydrogen) atoms.